The second-order valence-corrected chi connectivity index (χ2v) is 3.90. The van der Waals surface area contributed by atoms with Gasteiger partial charge in [0.25, 0.3) is 0 Å². The summed E-state index contributed by atoms with van der Waals surface area (Å²) in [6, 6.07) is 4.91. The lowest BCUT2D eigenvalue weighted by molar-refractivity contribution is 0.300. The van der Waals surface area contributed by atoms with Crippen LogP contribution in [0.4, 0.5) is 12.9 Å². The molecule has 1 aromatic rings. The van der Waals surface area contributed by atoms with Gasteiger partial charge in [0.1, 0.15) is 5.75 Å². The van der Waals surface area contributed by atoms with Crippen LogP contribution >= 0.6 is 0 Å². The monoisotopic (exact) mass is 215 g/mol. The first kappa shape index (κ1) is 10.4. The molecule has 1 aromatic carbocycles. The molecule has 0 heterocycles. The molecule has 82 valence electrons. The molecule has 15 heavy (non-hydrogen) atoms. The number of halogens is 3. The van der Waals surface area contributed by atoms with Crippen LogP contribution in [-0.4, -0.2) is 13.6 Å². The lowest BCUT2D eigenvalue weighted by atomic mass is 9.80. The zero-order valence-electron chi connectivity index (χ0n) is 8.13. The first-order valence-corrected chi connectivity index (χ1v) is 4.98. The summed E-state index contributed by atoms with van der Waals surface area (Å²) in [4.78, 5) is 0. The third kappa shape index (κ3) is 2.91. The molecule has 0 radical (unpaired) electrons. The van der Waals surface area contributed by atoms with Gasteiger partial charge in [0.05, 0.1) is 6.61 Å². The standard InChI is InChI=1S/C10H11BF3O/c12-11(13,14)9-3-5-10(6-4-9)15-7-8-1-2-8/h3-6,8H,1-2,7H2/q-1. The third-order valence-electron chi connectivity index (χ3n) is 2.44. The van der Waals surface area contributed by atoms with Gasteiger partial charge in [0, 0.05) is 0 Å². The van der Waals surface area contributed by atoms with Gasteiger partial charge in [-0.2, -0.15) is 0 Å². The minimum absolute atomic E-state index is 0.519. The van der Waals surface area contributed by atoms with E-state index < -0.39 is 12.4 Å². The predicted octanol–water partition coefficient (Wildman–Crippen LogP) is 2.53. The van der Waals surface area contributed by atoms with E-state index in [1.807, 2.05) is 0 Å². The Morgan fingerprint density at radius 2 is 1.73 bits per heavy atom. The second-order valence-electron chi connectivity index (χ2n) is 3.90. The molecule has 0 unspecified atom stereocenters. The minimum Gasteiger partial charge on any atom is -0.493 e. The van der Waals surface area contributed by atoms with Crippen molar-refractivity contribution in [1.82, 2.24) is 0 Å². The summed E-state index contributed by atoms with van der Waals surface area (Å²) in [7, 11) is 0. The summed E-state index contributed by atoms with van der Waals surface area (Å²) in [6.45, 7) is -4.27. The van der Waals surface area contributed by atoms with Gasteiger partial charge >= 0.3 is 6.98 Å². The van der Waals surface area contributed by atoms with Gasteiger partial charge in [-0.15, -0.1) is 5.46 Å². The Kier molecular flexibility index (Phi) is 2.63. The Balaban J connectivity index is 1.96. The molecule has 0 aliphatic heterocycles. The van der Waals surface area contributed by atoms with Crippen molar-refractivity contribution >= 4 is 12.4 Å². The van der Waals surface area contributed by atoms with Crippen molar-refractivity contribution in [3.05, 3.63) is 24.3 Å². The lowest BCUT2D eigenvalue weighted by Gasteiger charge is -2.15. The van der Waals surface area contributed by atoms with Crippen LogP contribution in [0.1, 0.15) is 12.8 Å². The van der Waals surface area contributed by atoms with Crippen LogP contribution in [0, 0.1) is 5.92 Å². The fraction of sp³-hybridized carbons (Fsp3) is 0.400. The molecule has 0 aromatic heterocycles. The molecule has 0 spiro atoms. The maximum atomic E-state index is 12.3. The molecule has 5 heteroatoms. The Hall–Kier alpha value is -1.13. The van der Waals surface area contributed by atoms with Crippen molar-refractivity contribution in [3.63, 3.8) is 0 Å². The number of benzene rings is 1. The van der Waals surface area contributed by atoms with Crippen molar-refractivity contribution in [1.29, 1.82) is 0 Å². The summed E-state index contributed by atoms with van der Waals surface area (Å²) in [5.74, 6) is 1.13. The third-order valence-corrected chi connectivity index (χ3v) is 2.44. The van der Waals surface area contributed by atoms with Crippen LogP contribution < -0.4 is 10.2 Å². The van der Waals surface area contributed by atoms with E-state index in [9.17, 15) is 12.9 Å². The van der Waals surface area contributed by atoms with Crippen LogP contribution in [0.25, 0.3) is 0 Å². The number of ether oxygens (including phenoxy) is 1. The molecule has 1 aliphatic carbocycles. The Labute approximate surface area is 86.3 Å². The molecule has 0 N–H and O–H groups in total. The SMILES string of the molecule is F[B-](F)(F)c1ccc(OCC2CC2)cc1. The first-order valence-electron chi connectivity index (χ1n) is 4.98. The quantitative estimate of drug-likeness (QED) is 0.701. The molecule has 1 saturated carbocycles. The molecular formula is C10H11BF3O-. The zero-order chi connectivity index (χ0) is 10.9. The van der Waals surface area contributed by atoms with E-state index >= 15 is 0 Å². The lowest BCUT2D eigenvalue weighted by Crippen LogP contribution is -2.33. The van der Waals surface area contributed by atoms with Crippen LogP contribution in [0.15, 0.2) is 24.3 Å². The normalized spacial score (nSPS) is 16.5. The fourth-order valence-electron chi connectivity index (χ4n) is 1.28. The molecule has 0 atom stereocenters. The van der Waals surface area contributed by atoms with E-state index in [4.69, 9.17) is 4.74 Å². The van der Waals surface area contributed by atoms with Gasteiger partial charge in [0.2, 0.25) is 0 Å². The van der Waals surface area contributed by atoms with Gasteiger partial charge in [-0.25, -0.2) is 0 Å². The van der Waals surface area contributed by atoms with Crippen LogP contribution in [0.3, 0.4) is 0 Å². The highest BCUT2D eigenvalue weighted by Crippen LogP contribution is 2.29. The van der Waals surface area contributed by atoms with Crippen molar-refractivity contribution in [3.8, 4) is 5.75 Å². The highest BCUT2D eigenvalue weighted by atomic mass is 19.4. The highest BCUT2D eigenvalue weighted by molar-refractivity contribution is 6.73. The average Bonchev–Trinajstić information content (AvgIpc) is 2.97. The highest BCUT2D eigenvalue weighted by Gasteiger charge is 2.25. The maximum Gasteiger partial charge on any atom is 0.509 e. The fourth-order valence-corrected chi connectivity index (χ4v) is 1.28. The summed E-state index contributed by atoms with van der Waals surface area (Å²) < 4.78 is 42.1. The van der Waals surface area contributed by atoms with Crippen molar-refractivity contribution in [2.24, 2.45) is 5.92 Å². The van der Waals surface area contributed by atoms with E-state index in [0.717, 1.165) is 12.1 Å². The van der Waals surface area contributed by atoms with E-state index in [-0.39, 0.29) is 0 Å². The molecule has 1 nitrogen and oxygen atoms in total. The molecule has 0 amide bonds. The predicted molar refractivity (Wildman–Crippen MR) is 53.4 cm³/mol. The smallest absolute Gasteiger partial charge is 0.493 e. The molecule has 1 aliphatic rings. The maximum absolute atomic E-state index is 12.3. The van der Waals surface area contributed by atoms with E-state index in [1.165, 1.54) is 25.0 Å². The Bertz CT molecular complexity index is 330. The molecule has 0 saturated heterocycles. The van der Waals surface area contributed by atoms with E-state index in [0.29, 0.717) is 18.3 Å². The number of hydrogen-bond donors (Lipinski definition) is 0. The van der Waals surface area contributed by atoms with E-state index in [2.05, 4.69) is 0 Å². The molecule has 0 bridgehead atoms. The second kappa shape index (κ2) is 3.79. The van der Waals surface area contributed by atoms with Crippen LogP contribution in [-0.2, 0) is 0 Å². The topological polar surface area (TPSA) is 9.23 Å². The van der Waals surface area contributed by atoms with Gasteiger partial charge < -0.3 is 17.7 Å². The summed E-state index contributed by atoms with van der Waals surface area (Å²) >= 11 is 0. The molecule has 2 rings (SSSR count). The van der Waals surface area contributed by atoms with Gasteiger partial charge in [-0.3, -0.25) is 0 Å². The first-order chi connectivity index (χ1) is 7.05. The van der Waals surface area contributed by atoms with Gasteiger partial charge in [0.15, 0.2) is 0 Å². The Morgan fingerprint density at radius 1 is 1.13 bits per heavy atom. The molecule has 1 fully saturated rings. The number of hydrogen-bond acceptors (Lipinski definition) is 1. The number of rotatable bonds is 4. The largest absolute Gasteiger partial charge is 0.509 e. The minimum atomic E-state index is -4.89. The van der Waals surface area contributed by atoms with Gasteiger partial charge in [-0.1, -0.05) is 12.1 Å². The van der Waals surface area contributed by atoms with Crippen LogP contribution in [0.5, 0.6) is 5.75 Å². The van der Waals surface area contributed by atoms with E-state index in [1.54, 1.807) is 0 Å². The summed E-state index contributed by atoms with van der Waals surface area (Å²) in [6.07, 6.45) is 2.34. The summed E-state index contributed by atoms with van der Waals surface area (Å²) in [5.41, 5.74) is -0.575. The van der Waals surface area contributed by atoms with Crippen molar-refractivity contribution in [2.45, 2.75) is 12.8 Å². The zero-order valence-corrected chi connectivity index (χ0v) is 8.13. The van der Waals surface area contributed by atoms with Crippen molar-refractivity contribution < 1.29 is 17.7 Å². The Morgan fingerprint density at radius 3 is 2.20 bits per heavy atom. The van der Waals surface area contributed by atoms with Crippen molar-refractivity contribution in [2.75, 3.05) is 6.61 Å². The molecular weight excluding hydrogens is 204 g/mol. The van der Waals surface area contributed by atoms with Gasteiger partial charge in [-0.05, 0) is 30.9 Å². The summed E-state index contributed by atoms with van der Waals surface area (Å²) in [5, 5.41) is 0. The van der Waals surface area contributed by atoms with Crippen LogP contribution in [0.2, 0.25) is 0 Å². The average molecular weight is 215 g/mol.